The average Bonchev–Trinajstić information content (AvgIpc) is 1.84. The minimum atomic E-state index is -3.94. The fourth-order valence-electron chi connectivity index (χ4n) is 0.353. The number of rotatable bonds is 4. The van der Waals surface area contributed by atoms with E-state index in [4.69, 9.17) is 0 Å². The molecule has 0 saturated carbocycles. The van der Waals surface area contributed by atoms with Gasteiger partial charge in [0.1, 0.15) is 0 Å². The van der Waals surface area contributed by atoms with Crippen LogP contribution in [0.1, 0.15) is 13.8 Å². The SMILES string of the molecule is CCOP(=O)([O-])OCC.FB(F)F.[Li+]. The normalized spacial score (nSPS) is 9.57. The van der Waals surface area contributed by atoms with Gasteiger partial charge in [-0.2, -0.15) is 0 Å². The molecule has 10 heteroatoms. The molecule has 0 spiro atoms. The summed E-state index contributed by atoms with van der Waals surface area (Å²) in [5.74, 6) is 0. The van der Waals surface area contributed by atoms with E-state index in [1.165, 1.54) is 0 Å². The maximum Gasteiger partial charge on any atom is 1.00 e. The van der Waals surface area contributed by atoms with E-state index in [-0.39, 0.29) is 32.1 Å². The molecule has 0 amide bonds. The molecule has 14 heavy (non-hydrogen) atoms. The van der Waals surface area contributed by atoms with E-state index in [9.17, 15) is 22.4 Å². The van der Waals surface area contributed by atoms with Crippen LogP contribution in [-0.4, -0.2) is 20.8 Å². The van der Waals surface area contributed by atoms with Gasteiger partial charge in [0, 0.05) is 0 Å². The molecule has 0 rings (SSSR count). The first kappa shape index (κ1) is 20.0. The molecule has 0 N–H and O–H groups in total. The molecule has 0 bridgehead atoms. The zero-order chi connectivity index (χ0) is 10.9. The van der Waals surface area contributed by atoms with Crippen LogP contribution in [0.5, 0.6) is 0 Å². The van der Waals surface area contributed by atoms with Crippen LogP contribution < -0.4 is 23.8 Å². The second-order valence-corrected chi connectivity index (χ2v) is 2.94. The van der Waals surface area contributed by atoms with Crippen molar-refractivity contribution in [2.24, 2.45) is 0 Å². The zero-order valence-corrected chi connectivity index (χ0v) is 9.10. The van der Waals surface area contributed by atoms with Gasteiger partial charge in [-0.15, -0.1) is 0 Å². The molecule has 4 nitrogen and oxygen atoms in total. The molecule has 0 aliphatic carbocycles. The van der Waals surface area contributed by atoms with Crippen LogP contribution in [0.4, 0.5) is 12.9 Å². The van der Waals surface area contributed by atoms with Crippen molar-refractivity contribution >= 4 is 15.4 Å². The predicted molar refractivity (Wildman–Crippen MR) is 39.9 cm³/mol. The van der Waals surface area contributed by atoms with E-state index in [0.717, 1.165) is 0 Å². The van der Waals surface area contributed by atoms with Crippen LogP contribution in [0.2, 0.25) is 0 Å². The van der Waals surface area contributed by atoms with Gasteiger partial charge in [0.15, 0.2) is 0 Å². The monoisotopic (exact) mass is 228 g/mol. The van der Waals surface area contributed by atoms with Crippen LogP contribution in [0.25, 0.3) is 0 Å². The Morgan fingerprint density at radius 3 is 1.57 bits per heavy atom. The molecule has 0 saturated heterocycles. The van der Waals surface area contributed by atoms with Crippen LogP contribution in [0, 0.1) is 0 Å². The first-order valence-electron chi connectivity index (χ1n) is 3.38. The molecule has 80 valence electrons. The van der Waals surface area contributed by atoms with Crippen LogP contribution in [-0.2, 0) is 13.6 Å². The smallest absolute Gasteiger partial charge is 0.756 e. The average molecular weight is 228 g/mol. The number of hydrogen-bond acceptors (Lipinski definition) is 4. The third-order valence-corrected chi connectivity index (χ3v) is 1.72. The number of phosphoric acid groups is 1. The van der Waals surface area contributed by atoms with Crippen molar-refractivity contribution in [3.8, 4) is 0 Å². The fourth-order valence-corrected chi connectivity index (χ4v) is 1.06. The van der Waals surface area contributed by atoms with E-state index in [1.54, 1.807) is 13.8 Å². The second kappa shape index (κ2) is 11.6. The molecule has 0 aliphatic heterocycles. The number of phosphoric ester groups is 1. The Morgan fingerprint density at radius 1 is 1.21 bits per heavy atom. The Kier molecular flexibility index (Phi) is 16.7. The quantitative estimate of drug-likeness (QED) is 0.430. The van der Waals surface area contributed by atoms with E-state index in [2.05, 4.69) is 9.05 Å². The second-order valence-electron chi connectivity index (χ2n) is 1.53. The summed E-state index contributed by atoms with van der Waals surface area (Å²) in [6.07, 6.45) is 0. The van der Waals surface area contributed by atoms with Gasteiger partial charge in [0.05, 0.1) is 13.2 Å². The van der Waals surface area contributed by atoms with Crippen molar-refractivity contribution in [3.63, 3.8) is 0 Å². The number of hydrogen-bond donors (Lipinski definition) is 0. The van der Waals surface area contributed by atoms with E-state index >= 15 is 0 Å². The van der Waals surface area contributed by atoms with E-state index in [0.29, 0.717) is 0 Å². The summed E-state index contributed by atoms with van der Waals surface area (Å²) in [4.78, 5) is 10.4. The first-order valence-corrected chi connectivity index (χ1v) is 4.84. The summed E-state index contributed by atoms with van der Waals surface area (Å²) < 4.78 is 47.9. The number of halogens is 3. The zero-order valence-electron chi connectivity index (χ0n) is 8.21. The van der Waals surface area contributed by atoms with Crippen molar-refractivity contribution in [2.75, 3.05) is 13.2 Å². The molecule has 0 radical (unpaired) electrons. The largest absolute Gasteiger partial charge is 1.00 e. The summed E-state index contributed by atoms with van der Waals surface area (Å²) in [7, 11) is -7.61. The molecule has 0 heterocycles. The van der Waals surface area contributed by atoms with Crippen molar-refractivity contribution in [2.45, 2.75) is 13.8 Å². The third-order valence-electron chi connectivity index (χ3n) is 0.574. The maximum atomic E-state index is 10.4. The molecular formula is C4H10BF3LiO4P. The minimum Gasteiger partial charge on any atom is -0.756 e. The van der Waals surface area contributed by atoms with Gasteiger partial charge < -0.3 is 13.9 Å². The Labute approximate surface area is 93.2 Å². The summed E-state index contributed by atoms with van der Waals surface area (Å²) in [5.41, 5.74) is 0. The predicted octanol–water partition coefficient (Wildman–Crippen LogP) is -1.59. The molecule has 0 aliphatic rings. The Morgan fingerprint density at radius 2 is 1.43 bits per heavy atom. The maximum absolute atomic E-state index is 10.4. The van der Waals surface area contributed by atoms with Gasteiger partial charge in [-0.05, 0) is 13.8 Å². The Bertz CT molecular complexity index is 151. The van der Waals surface area contributed by atoms with Crippen molar-refractivity contribution in [1.29, 1.82) is 0 Å². The Balaban J connectivity index is -0.000000209. The standard InChI is InChI=1S/C4H11O4P.BF3.Li/c1-3-7-9(5,6)8-4-2;2-1(3)4;/h3-4H2,1-2H3,(H,5,6);;/q;;+1/p-1. The van der Waals surface area contributed by atoms with Gasteiger partial charge in [0.2, 0.25) is 0 Å². The topological polar surface area (TPSA) is 58.6 Å². The molecule has 0 atom stereocenters. The van der Waals surface area contributed by atoms with Gasteiger partial charge in [-0.1, -0.05) is 0 Å². The summed E-state index contributed by atoms with van der Waals surface area (Å²) >= 11 is 0. The molecule has 0 aromatic heterocycles. The summed E-state index contributed by atoms with van der Waals surface area (Å²) in [6, 6.07) is 0. The van der Waals surface area contributed by atoms with Gasteiger partial charge in [-0.3, -0.25) is 17.5 Å². The van der Waals surface area contributed by atoms with Crippen molar-refractivity contribution in [3.05, 3.63) is 0 Å². The molecule has 0 aromatic rings. The van der Waals surface area contributed by atoms with Crippen LogP contribution in [0.15, 0.2) is 0 Å². The summed E-state index contributed by atoms with van der Waals surface area (Å²) in [5, 5.41) is 0. The third kappa shape index (κ3) is 22.9. The van der Waals surface area contributed by atoms with E-state index in [1.807, 2.05) is 0 Å². The van der Waals surface area contributed by atoms with E-state index < -0.39 is 15.4 Å². The first-order chi connectivity index (χ1) is 5.85. The van der Waals surface area contributed by atoms with Crippen LogP contribution >= 0.6 is 7.82 Å². The minimum absolute atomic E-state index is 0. The van der Waals surface area contributed by atoms with Crippen molar-refractivity contribution < 1.29 is 50.3 Å². The Hall–Kier alpha value is 0.562. The van der Waals surface area contributed by atoms with Gasteiger partial charge in [-0.25, -0.2) is 0 Å². The van der Waals surface area contributed by atoms with Crippen molar-refractivity contribution in [1.82, 2.24) is 0 Å². The fraction of sp³-hybridized carbons (Fsp3) is 1.00. The summed E-state index contributed by atoms with van der Waals surface area (Å²) in [6.45, 7) is 3.43. The molecule has 0 aromatic carbocycles. The van der Waals surface area contributed by atoms with Gasteiger partial charge in [0.25, 0.3) is 7.82 Å². The molecule has 0 fully saturated rings. The van der Waals surface area contributed by atoms with Gasteiger partial charge >= 0.3 is 26.4 Å². The van der Waals surface area contributed by atoms with Crippen LogP contribution in [0.3, 0.4) is 0 Å². The molecule has 0 unspecified atom stereocenters. The molecular weight excluding hydrogens is 218 g/mol.